The van der Waals surface area contributed by atoms with Gasteiger partial charge in [0.05, 0.1) is 0 Å². The first-order valence-electron chi connectivity index (χ1n) is 6.71. The van der Waals surface area contributed by atoms with Gasteiger partial charge in [0, 0.05) is 19.0 Å². The summed E-state index contributed by atoms with van der Waals surface area (Å²) in [5, 5.41) is 2.90. The van der Waals surface area contributed by atoms with Gasteiger partial charge >= 0.3 is 0 Å². The van der Waals surface area contributed by atoms with E-state index in [4.69, 9.17) is 5.73 Å². The summed E-state index contributed by atoms with van der Waals surface area (Å²) >= 11 is 0. The van der Waals surface area contributed by atoms with E-state index in [1.807, 2.05) is 6.92 Å². The summed E-state index contributed by atoms with van der Waals surface area (Å²) in [6, 6.07) is 0.113. The van der Waals surface area contributed by atoms with Crippen LogP contribution in [0.4, 0.5) is 0 Å². The van der Waals surface area contributed by atoms with E-state index >= 15 is 0 Å². The van der Waals surface area contributed by atoms with Gasteiger partial charge in [0.2, 0.25) is 5.91 Å². The van der Waals surface area contributed by atoms with E-state index in [1.54, 1.807) is 0 Å². The Balaban J connectivity index is 2.03. The minimum atomic E-state index is 0.113. The van der Waals surface area contributed by atoms with Gasteiger partial charge in [-0.15, -0.1) is 0 Å². The zero-order chi connectivity index (χ0) is 11.8. The largest absolute Gasteiger partial charge is 0.352 e. The molecule has 0 spiro atoms. The van der Waals surface area contributed by atoms with Crippen LogP contribution >= 0.6 is 0 Å². The maximum Gasteiger partial charge on any atom is 0.220 e. The van der Waals surface area contributed by atoms with Crippen LogP contribution in [0.5, 0.6) is 0 Å². The van der Waals surface area contributed by atoms with Gasteiger partial charge in [-0.25, -0.2) is 0 Å². The van der Waals surface area contributed by atoms with Crippen molar-refractivity contribution in [2.75, 3.05) is 6.54 Å². The second kappa shape index (κ2) is 7.66. The molecule has 1 aliphatic carbocycles. The monoisotopic (exact) mass is 226 g/mol. The van der Waals surface area contributed by atoms with Crippen molar-refractivity contribution in [1.29, 1.82) is 0 Å². The van der Waals surface area contributed by atoms with Crippen LogP contribution in [0.15, 0.2) is 0 Å². The zero-order valence-electron chi connectivity index (χ0n) is 10.5. The van der Waals surface area contributed by atoms with Crippen LogP contribution in [-0.4, -0.2) is 18.5 Å². The summed E-state index contributed by atoms with van der Waals surface area (Å²) in [4.78, 5) is 11.5. The lowest BCUT2D eigenvalue weighted by molar-refractivity contribution is -0.121. The first kappa shape index (κ1) is 13.5. The molecule has 1 rings (SSSR count). The Labute approximate surface area is 99.2 Å². The van der Waals surface area contributed by atoms with E-state index in [0.29, 0.717) is 13.0 Å². The van der Waals surface area contributed by atoms with Crippen LogP contribution in [0.1, 0.15) is 58.3 Å². The lowest BCUT2D eigenvalue weighted by atomic mass is 9.86. The SMILES string of the molecule is C[C@@H](CN)NC(=O)CCCC1CCCCC1. The molecule has 3 heteroatoms. The quantitative estimate of drug-likeness (QED) is 0.729. The van der Waals surface area contributed by atoms with Crippen molar-refractivity contribution < 1.29 is 4.79 Å². The molecule has 1 amide bonds. The van der Waals surface area contributed by atoms with Crippen LogP contribution in [0.2, 0.25) is 0 Å². The molecule has 0 bridgehead atoms. The van der Waals surface area contributed by atoms with Gasteiger partial charge in [0.1, 0.15) is 0 Å². The van der Waals surface area contributed by atoms with Crippen LogP contribution in [-0.2, 0) is 4.79 Å². The Kier molecular flexibility index (Phi) is 6.46. The molecule has 1 fully saturated rings. The summed E-state index contributed by atoms with van der Waals surface area (Å²) in [6.45, 7) is 2.47. The Bertz CT molecular complexity index is 200. The van der Waals surface area contributed by atoms with Gasteiger partial charge in [-0.2, -0.15) is 0 Å². The molecule has 3 nitrogen and oxygen atoms in total. The molecule has 0 heterocycles. The average Bonchev–Trinajstić information content (AvgIpc) is 2.30. The highest BCUT2D eigenvalue weighted by atomic mass is 16.1. The summed E-state index contributed by atoms with van der Waals surface area (Å²) in [5.74, 6) is 1.04. The van der Waals surface area contributed by atoms with Gasteiger partial charge < -0.3 is 11.1 Å². The number of nitrogens with two attached hydrogens (primary N) is 1. The smallest absolute Gasteiger partial charge is 0.220 e. The van der Waals surface area contributed by atoms with Crippen molar-refractivity contribution in [1.82, 2.24) is 5.32 Å². The van der Waals surface area contributed by atoms with E-state index in [2.05, 4.69) is 5.32 Å². The molecule has 0 aliphatic heterocycles. The highest BCUT2D eigenvalue weighted by Crippen LogP contribution is 2.27. The molecule has 0 unspecified atom stereocenters. The molecule has 0 aromatic carbocycles. The van der Waals surface area contributed by atoms with E-state index < -0.39 is 0 Å². The number of hydrogen-bond donors (Lipinski definition) is 2. The summed E-state index contributed by atoms with van der Waals surface area (Å²) in [6.07, 6.45) is 9.87. The van der Waals surface area contributed by atoms with E-state index in [0.717, 1.165) is 12.3 Å². The first-order valence-corrected chi connectivity index (χ1v) is 6.71. The molecule has 3 N–H and O–H groups in total. The number of amides is 1. The summed E-state index contributed by atoms with van der Waals surface area (Å²) in [7, 11) is 0. The van der Waals surface area contributed by atoms with E-state index in [9.17, 15) is 4.79 Å². The van der Waals surface area contributed by atoms with Gasteiger partial charge in [0.25, 0.3) is 0 Å². The number of carbonyl (C=O) groups is 1. The van der Waals surface area contributed by atoms with Gasteiger partial charge in [-0.1, -0.05) is 32.1 Å². The van der Waals surface area contributed by atoms with Crippen molar-refractivity contribution in [3.05, 3.63) is 0 Å². The number of carbonyl (C=O) groups excluding carboxylic acids is 1. The maximum atomic E-state index is 11.5. The van der Waals surface area contributed by atoms with Gasteiger partial charge in [0.15, 0.2) is 0 Å². The van der Waals surface area contributed by atoms with Crippen LogP contribution in [0.25, 0.3) is 0 Å². The van der Waals surface area contributed by atoms with Gasteiger partial charge in [-0.3, -0.25) is 4.79 Å². The highest BCUT2D eigenvalue weighted by Gasteiger charge is 2.13. The summed E-state index contributed by atoms with van der Waals surface area (Å²) < 4.78 is 0. The minimum Gasteiger partial charge on any atom is -0.352 e. The molecule has 16 heavy (non-hydrogen) atoms. The molecule has 1 saturated carbocycles. The normalized spacial score (nSPS) is 19.4. The summed E-state index contributed by atoms with van der Waals surface area (Å²) in [5.41, 5.74) is 5.45. The molecular weight excluding hydrogens is 200 g/mol. The Hall–Kier alpha value is -0.570. The molecule has 0 radical (unpaired) electrons. The predicted octanol–water partition coefficient (Wildman–Crippen LogP) is 2.20. The van der Waals surface area contributed by atoms with Crippen molar-refractivity contribution in [2.45, 2.75) is 64.3 Å². The van der Waals surface area contributed by atoms with Crippen LogP contribution in [0, 0.1) is 5.92 Å². The average molecular weight is 226 g/mol. The zero-order valence-corrected chi connectivity index (χ0v) is 10.5. The fraction of sp³-hybridized carbons (Fsp3) is 0.923. The highest BCUT2D eigenvalue weighted by molar-refractivity contribution is 5.76. The Morgan fingerprint density at radius 2 is 2.06 bits per heavy atom. The molecular formula is C13H26N2O. The Morgan fingerprint density at radius 3 is 2.69 bits per heavy atom. The van der Waals surface area contributed by atoms with E-state index in [-0.39, 0.29) is 11.9 Å². The maximum absolute atomic E-state index is 11.5. The van der Waals surface area contributed by atoms with Crippen molar-refractivity contribution in [2.24, 2.45) is 11.7 Å². The fourth-order valence-corrected chi connectivity index (χ4v) is 2.43. The standard InChI is InChI=1S/C13H26N2O/c1-11(10-14)15-13(16)9-5-8-12-6-3-2-4-7-12/h11-12H,2-10,14H2,1H3,(H,15,16)/t11-/m0/s1. The number of nitrogens with one attached hydrogen (secondary N) is 1. The molecule has 1 aliphatic rings. The van der Waals surface area contributed by atoms with Crippen molar-refractivity contribution >= 4 is 5.91 Å². The van der Waals surface area contributed by atoms with Crippen LogP contribution < -0.4 is 11.1 Å². The molecule has 94 valence electrons. The third-order valence-corrected chi connectivity index (χ3v) is 3.50. The van der Waals surface area contributed by atoms with Crippen LogP contribution in [0.3, 0.4) is 0 Å². The number of rotatable bonds is 6. The molecule has 0 aromatic heterocycles. The van der Waals surface area contributed by atoms with E-state index in [1.165, 1.54) is 38.5 Å². The molecule has 0 aromatic rings. The Morgan fingerprint density at radius 1 is 1.38 bits per heavy atom. The molecule has 1 atom stereocenters. The lowest BCUT2D eigenvalue weighted by Gasteiger charge is -2.21. The second-order valence-electron chi connectivity index (χ2n) is 5.10. The third-order valence-electron chi connectivity index (χ3n) is 3.50. The molecule has 0 saturated heterocycles. The second-order valence-corrected chi connectivity index (χ2v) is 5.10. The lowest BCUT2D eigenvalue weighted by Crippen LogP contribution is -2.37. The number of hydrogen-bond acceptors (Lipinski definition) is 2. The topological polar surface area (TPSA) is 55.1 Å². The predicted molar refractivity (Wildman–Crippen MR) is 67.1 cm³/mol. The fourth-order valence-electron chi connectivity index (χ4n) is 2.43. The minimum absolute atomic E-state index is 0.113. The van der Waals surface area contributed by atoms with Crippen molar-refractivity contribution in [3.8, 4) is 0 Å². The third kappa shape index (κ3) is 5.50. The van der Waals surface area contributed by atoms with Gasteiger partial charge in [-0.05, 0) is 25.7 Å². The first-order chi connectivity index (χ1) is 7.72. The van der Waals surface area contributed by atoms with Crippen molar-refractivity contribution in [3.63, 3.8) is 0 Å².